The summed E-state index contributed by atoms with van der Waals surface area (Å²) in [7, 11) is -3.72. The molecule has 1 aliphatic heterocycles. The Labute approximate surface area is 172 Å². The molecular formula is C18H18ClFN6O2S. The van der Waals surface area contributed by atoms with Crippen molar-refractivity contribution in [2.24, 2.45) is 0 Å². The number of nitrogens with zero attached hydrogens (tertiary/aromatic N) is 6. The number of tetrazole rings is 1. The van der Waals surface area contributed by atoms with Gasteiger partial charge in [-0.3, -0.25) is 4.90 Å². The van der Waals surface area contributed by atoms with Gasteiger partial charge >= 0.3 is 0 Å². The molecule has 11 heteroatoms. The fourth-order valence-electron chi connectivity index (χ4n) is 3.19. The van der Waals surface area contributed by atoms with E-state index in [9.17, 15) is 12.8 Å². The van der Waals surface area contributed by atoms with Crippen molar-refractivity contribution >= 4 is 21.6 Å². The van der Waals surface area contributed by atoms with Crippen molar-refractivity contribution in [3.63, 3.8) is 0 Å². The van der Waals surface area contributed by atoms with E-state index in [4.69, 9.17) is 11.6 Å². The van der Waals surface area contributed by atoms with Gasteiger partial charge in [0.15, 0.2) is 5.82 Å². The Kier molecular flexibility index (Phi) is 5.59. The molecule has 152 valence electrons. The number of piperazine rings is 1. The molecule has 1 aromatic heterocycles. The lowest BCUT2D eigenvalue weighted by Crippen LogP contribution is -2.48. The molecule has 3 aromatic rings. The first kappa shape index (κ1) is 19.9. The van der Waals surface area contributed by atoms with Gasteiger partial charge in [-0.05, 0) is 52.9 Å². The molecule has 0 amide bonds. The molecule has 0 spiro atoms. The minimum Gasteiger partial charge on any atom is -0.293 e. The summed E-state index contributed by atoms with van der Waals surface area (Å²) >= 11 is 5.93. The summed E-state index contributed by atoms with van der Waals surface area (Å²) in [5.41, 5.74) is 0.793. The summed E-state index contributed by atoms with van der Waals surface area (Å²) in [6, 6.07) is 12.2. The Hall–Kier alpha value is -2.40. The molecule has 4 rings (SSSR count). The van der Waals surface area contributed by atoms with Gasteiger partial charge in [-0.15, -0.1) is 5.10 Å². The average molecular weight is 437 g/mol. The van der Waals surface area contributed by atoms with Crippen LogP contribution in [0.4, 0.5) is 4.39 Å². The Morgan fingerprint density at radius 1 is 1.03 bits per heavy atom. The van der Waals surface area contributed by atoms with Gasteiger partial charge in [0.05, 0.1) is 17.1 Å². The molecule has 1 saturated heterocycles. The van der Waals surface area contributed by atoms with E-state index in [0.29, 0.717) is 43.6 Å². The van der Waals surface area contributed by atoms with Gasteiger partial charge in [0.2, 0.25) is 10.0 Å². The summed E-state index contributed by atoms with van der Waals surface area (Å²) in [4.78, 5) is 2.05. The lowest BCUT2D eigenvalue weighted by Gasteiger charge is -2.33. The van der Waals surface area contributed by atoms with E-state index in [0.717, 1.165) is 11.8 Å². The summed E-state index contributed by atoms with van der Waals surface area (Å²) in [6.07, 6.45) is 0. The zero-order valence-electron chi connectivity index (χ0n) is 15.3. The maximum Gasteiger partial charge on any atom is 0.243 e. The first-order chi connectivity index (χ1) is 13.9. The monoisotopic (exact) mass is 436 g/mol. The average Bonchev–Trinajstić information content (AvgIpc) is 3.17. The van der Waals surface area contributed by atoms with Gasteiger partial charge in [-0.1, -0.05) is 17.7 Å². The van der Waals surface area contributed by atoms with Crippen LogP contribution in [0.2, 0.25) is 5.02 Å². The highest BCUT2D eigenvalue weighted by atomic mass is 35.5. The zero-order valence-corrected chi connectivity index (χ0v) is 16.9. The van der Waals surface area contributed by atoms with E-state index in [1.54, 1.807) is 16.8 Å². The Balaban J connectivity index is 1.42. The third-order valence-corrected chi connectivity index (χ3v) is 6.88. The molecule has 29 heavy (non-hydrogen) atoms. The first-order valence-corrected chi connectivity index (χ1v) is 10.8. The van der Waals surface area contributed by atoms with Gasteiger partial charge in [-0.2, -0.15) is 8.99 Å². The summed E-state index contributed by atoms with van der Waals surface area (Å²) < 4.78 is 41.9. The predicted molar refractivity (Wildman–Crippen MR) is 105 cm³/mol. The van der Waals surface area contributed by atoms with Crippen LogP contribution in [0.15, 0.2) is 53.4 Å². The van der Waals surface area contributed by atoms with Crippen molar-refractivity contribution in [2.75, 3.05) is 26.2 Å². The van der Waals surface area contributed by atoms with Gasteiger partial charge in [0.25, 0.3) is 0 Å². The molecule has 0 bridgehead atoms. The molecular weight excluding hydrogens is 419 g/mol. The smallest absolute Gasteiger partial charge is 0.243 e. The standard InChI is InChI=1S/C18H18ClFN6O2S/c19-14-4-6-16(7-5-14)26-18(21-22-23-26)13-24-8-10-25(11-9-24)29(27,28)17-3-1-2-15(20)12-17/h1-7,12H,8-11,13H2. The van der Waals surface area contributed by atoms with Gasteiger partial charge in [-0.25, -0.2) is 12.8 Å². The molecule has 0 radical (unpaired) electrons. The molecule has 1 fully saturated rings. The summed E-state index contributed by atoms with van der Waals surface area (Å²) in [6.45, 7) is 2.12. The highest BCUT2D eigenvalue weighted by Crippen LogP contribution is 2.19. The van der Waals surface area contributed by atoms with Crippen LogP contribution in [0.25, 0.3) is 5.69 Å². The number of benzene rings is 2. The normalized spacial score (nSPS) is 16.2. The van der Waals surface area contributed by atoms with Crippen LogP contribution in [0.3, 0.4) is 0 Å². The van der Waals surface area contributed by atoms with Crippen molar-refractivity contribution in [3.05, 3.63) is 65.2 Å². The van der Waals surface area contributed by atoms with Crippen molar-refractivity contribution in [1.82, 2.24) is 29.4 Å². The third-order valence-electron chi connectivity index (χ3n) is 4.74. The molecule has 0 N–H and O–H groups in total. The van der Waals surface area contributed by atoms with Crippen LogP contribution in [0, 0.1) is 5.82 Å². The molecule has 2 aromatic carbocycles. The van der Waals surface area contributed by atoms with Crippen molar-refractivity contribution in [2.45, 2.75) is 11.4 Å². The topological polar surface area (TPSA) is 84.2 Å². The molecule has 0 atom stereocenters. The van der Waals surface area contributed by atoms with Gasteiger partial charge < -0.3 is 0 Å². The maximum absolute atomic E-state index is 13.4. The second-order valence-corrected chi connectivity index (χ2v) is 9.00. The number of halogens is 2. The van der Waals surface area contributed by atoms with Crippen LogP contribution in [0.5, 0.6) is 0 Å². The molecule has 8 nitrogen and oxygen atoms in total. The van der Waals surface area contributed by atoms with E-state index in [-0.39, 0.29) is 4.90 Å². The van der Waals surface area contributed by atoms with Crippen LogP contribution >= 0.6 is 11.6 Å². The number of rotatable bonds is 5. The number of sulfonamides is 1. The van der Waals surface area contributed by atoms with Crippen molar-refractivity contribution in [1.29, 1.82) is 0 Å². The second-order valence-electron chi connectivity index (χ2n) is 6.62. The van der Waals surface area contributed by atoms with Crippen LogP contribution < -0.4 is 0 Å². The molecule has 2 heterocycles. The molecule has 0 saturated carbocycles. The Morgan fingerprint density at radius 2 is 1.76 bits per heavy atom. The van der Waals surface area contributed by atoms with Crippen molar-refractivity contribution < 1.29 is 12.8 Å². The van der Waals surface area contributed by atoms with Gasteiger partial charge in [0.1, 0.15) is 5.82 Å². The van der Waals surface area contributed by atoms with Gasteiger partial charge in [0, 0.05) is 31.2 Å². The van der Waals surface area contributed by atoms with E-state index in [1.807, 2.05) is 12.1 Å². The molecule has 0 unspecified atom stereocenters. The number of aromatic nitrogens is 4. The lowest BCUT2D eigenvalue weighted by atomic mass is 10.3. The predicted octanol–water partition coefficient (Wildman–Crippen LogP) is 1.96. The van der Waals surface area contributed by atoms with E-state index >= 15 is 0 Å². The quantitative estimate of drug-likeness (QED) is 0.608. The van der Waals surface area contributed by atoms with E-state index in [2.05, 4.69) is 20.4 Å². The SMILES string of the molecule is O=S(=O)(c1cccc(F)c1)N1CCN(Cc2nnnn2-c2ccc(Cl)cc2)CC1. The highest BCUT2D eigenvalue weighted by molar-refractivity contribution is 7.89. The summed E-state index contributed by atoms with van der Waals surface area (Å²) in [5, 5.41) is 12.5. The van der Waals surface area contributed by atoms with Crippen LogP contribution in [-0.4, -0.2) is 64.0 Å². The van der Waals surface area contributed by atoms with E-state index in [1.165, 1.54) is 22.5 Å². The number of hydrogen-bond donors (Lipinski definition) is 0. The zero-order chi connectivity index (χ0) is 20.4. The third kappa shape index (κ3) is 4.30. The Morgan fingerprint density at radius 3 is 2.45 bits per heavy atom. The fourth-order valence-corrected chi connectivity index (χ4v) is 4.77. The summed E-state index contributed by atoms with van der Waals surface area (Å²) in [5.74, 6) is 0.0764. The second kappa shape index (κ2) is 8.15. The molecule has 0 aliphatic carbocycles. The highest BCUT2D eigenvalue weighted by Gasteiger charge is 2.29. The Bertz CT molecular complexity index is 1100. The van der Waals surface area contributed by atoms with Crippen LogP contribution in [0.1, 0.15) is 5.82 Å². The van der Waals surface area contributed by atoms with Crippen LogP contribution in [-0.2, 0) is 16.6 Å². The largest absolute Gasteiger partial charge is 0.293 e. The molecule has 1 aliphatic rings. The van der Waals surface area contributed by atoms with Crippen molar-refractivity contribution in [3.8, 4) is 5.69 Å². The minimum absolute atomic E-state index is 0.0300. The lowest BCUT2D eigenvalue weighted by molar-refractivity contribution is 0.177. The number of hydrogen-bond acceptors (Lipinski definition) is 6. The minimum atomic E-state index is -3.72. The maximum atomic E-state index is 13.4. The fraction of sp³-hybridized carbons (Fsp3) is 0.278. The van der Waals surface area contributed by atoms with E-state index < -0.39 is 15.8 Å². The first-order valence-electron chi connectivity index (χ1n) is 8.95.